The Morgan fingerprint density at radius 2 is 1.61 bits per heavy atom. The molecule has 3 aromatic carbocycles. The van der Waals surface area contributed by atoms with Crippen molar-refractivity contribution >= 4 is 34.6 Å². The Morgan fingerprint density at radius 3 is 2.31 bits per heavy atom. The number of carbonyl (C=O) groups is 4. The van der Waals surface area contributed by atoms with Gasteiger partial charge in [0.05, 0.1) is 43.3 Å². The van der Waals surface area contributed by atoms with Crippen molar-refractivity contribution in [2.75, 3.05) is 20.2 Å². The molecule has 3 amide bonds. The highest BCUT2D eigenvalue weighted by Crippen LogP contribution is 2.34. The van der Waals surface area contributed by atoms with Crippen LogP contribution in [0, 0.1) is 5.92 Å². The number of nitrogens with one attached hydrogen (secondary N) is 3. The van der Waals surface area contributed by atoms with E-state index in [1.807, 2.05) is 44.2 Å². The van der Waals surface area contributed by atoms with Crippen LogP contribution >= 0.6 is 0 Å². The van der Waals surface area contributed by atoms with Crippen LogP contribution in [-0.4, -0.2) is 85.0 Å². The maximum absolute atomic E-state index is 13.5. The molecular formula is C38H39N7O6. The van der Waals surface area contributed by atoms with E-state index in [1.54, 1.807) is 12.4 Å². The number of rotatable bonds is 8. The topological polar surface area (TPSA) is 174 Å². The highest BCUT2D eigenvalue weighted by molar-refractivity contribution is 5.94. The average Bonchev–Trinajstić information content (AvgIpc) is 3.96. The number of aromatic nitrogens is 4. The second-order valence-corrected chi connectivity index (χ2v) is 13.4. The molecule has 0 bridgehead atoms. The predicted molar refractivity (Wildman–Crippen MR) is 189 cm³/mol. The number of alkyl carbamates (subject to hydrolysis) is 1. The zero-order chi connectivity index (χ0) is 35.8. The van der Waals surface area contributed by atoms with E-state index >= 15 is 0 Å². The van der Waals surface area contributed by atoms with Crippen molar-refractivity contribution in [1.82, 2.24) is 35.1 Å². The number of carbonyl (C=O) groups excluding carboxylic acids is 3. The number of fused-ring (bicyclic) bond motifs is 1. The summed E-state index contributed by atoms with van der Waals surface area (Å²) in [6, 6.07) is 18.9. The third kappa shape index (κ3) is 6.66. The Labute approximate surface area is 294 Å². The zero-order valence-electron chi connectivity index (χ0n) is 28.6. The van der Waals surface area contributed by atoms with Gasteiger partial charge in [0.2, 0.25) is 5.91 Å². The number of nitrogens with zero attached hydrogens (tertiary/aromatic N) is 4. The fourth-order valence-electron chi connectivity index (χ4n) is 7.06. The number of H-pyrrole nitrogens is 2. The van der Waals surface area contributed by atoms with Crippen molar-refractivity contribution < 1.29 is 29.0 Å². The summed E-state index contributed by atoms with van der Waals surface area (Å²) in [6.07, 6.45) is 3.63. The van der Waals surface area contributed by atoms with Crippen LogP contribution in [0.2, 0.25) is 0 Å². The lowest BCUT2D eigenvalue weighted by Gasteiger charge is -2.29. The summed E-state index contributed by atoms with van der Waals surface area (Å²) in [5.74, 6) is 0.529. The monoisotopic (exact) mass is 689 g/mol. The van der Waals surface area contributed by atoms with Crippen molar-refractivity contribution in [3.8, 4) is 33.6 Å². The van der Waals surface area contributed by atoms with Gasteiger partial charge < -0.3 is 30.0 Å². The molecule has 4 heterocycles. The quantitative estimate of drug-likeness (QED) is 0.146. The van der Waals surface area contributed by atoms with Crippen LogP contribution in [0.4, 0.5) is 9.59 Å². The standard InChI is InChI=1S/C38H39N7O6/c1-21(2)33(43-37(48)51-3)36(47)45-20-28(46)17-32(45)35-40-18-29(41-35)23-8-6-22(7-9-23)24-10-11-26-16-27(13-12-25(26)15-24)30-19-39-34(42-30)31-5-4-14-44(31)38(49)50/h6-13,15-16,18-19,21,31-33H,4-5,14,17,20H2,1-3H3,(H,39,42)(H,40,41)(H,43,48)(H,49,50). The fourth-order valence-corrected chi connectivity index (χ4v) is 7.06. The molecule has 7 rings (SSSR count). The third-order valence-corrected chi connectivity index (χ3v) is 9.81. The molecule has 0 saturated carbocycles. The summed E-state index contributed by atoms with van der Waals surface area (Å²) in [7, 11) is 1.24. The molecule has 13 nitrogen and oxygen atoms in total. The van der Waals surface area contributed by atoms with Gasteiger partial charge in [-0.2, -0.15) is 0 Å². The minimum atomic E-state index is -0.922. The largest absolute Gasteiger partial charge is 0.465 e. The van der Waals surface area contributed by atoms with Crippen LogP contribution < -0.4 is 5.32 Å². The maximum Gasteiger partial charge on any atom is 0.407 e. The van der Waals surface area contributed by atoms with E-state index in [9.17, 15) is 24.3 Å². The highest BCUT2D eigenvalue weighted by Gasteiger charge is 2.41. The van der Waals surface area contributed by atoms with Gasteiger partial charge in [-0.25, -0.2) is 19.6 Å². The van der Waals surface area contributed by atoms with E-state index < -0.39 is 24.3 Å². The Balaban J connectivity index is 1.06. The first-order valence-corrected chi connectivity index (χ1v) is 17.0. The number of methoxy groups -OCH3 is 1. The molecule has 2 aliphatic heterocycles. The molecule has 2 saturated heterocycles. The summed E-state index contributed by atoms with van der Waals surface area (Å²) < 4.78 is 4.70. The van der Waals surface area contributed by atoms with Gasteiger partial charge >= 0.3 is 12.2 Å². The molecule has 13 heteroatoms. The van der Waals surface area contributed by atoms with Crippen LogP contribution in [0.15, 0.2) is 73.1 Å². The number of aromatic amines is 2. The summed E-state index contributed by atoms with van der Waals surface area (Å²) >= 11 is 0. The highest BCUT2D eigenvalue weighted by atomic mass is 16.5. The van der Waals surface area contributed by atoms with Crippen molar-refractivity contribution in [3.63, 3.8) is 0 Å². The van der Waals surface area contributed by atoms with Crippen molar-refractivity contribution in [2.24, 2.45) is 5.92 Å². The second kappa shape index (κ2) is 13.7. The van der Waals surface area contributed by atoms with E-state index in [4.69, 9.17) is 9.72 Å². The number of carboxylic acid groups (broad SMARTS) is 1. The molecule has 2 aliphatic rings. The van der Waals surface area contributed by atoms with Crippen molar-refractivity contribution in [1.29, 1.82) is 0 Å². The number of benzene rings is 3. The first kappa shape index (κ1) is 33.5. The lowest BCUT2D eigenvalue weighted by Crippen LogP contribution is -2.51. The fraction of sp³-hybridized carbons (Fsp3) is 0.316. The zero-order valence-corrected chi connectivity index (χ0v) is 28.6. The van der Waals surface area contributed by atoms with Crippen molar-refractivity contribution in [3.05, 3.63) is 84.7 Å². The first-order chi connectivity index (χ1) is 24.6. The molecule has 3 unspecified atom stereocenters. The van der Waals surface area contributed by atoms with Crippen LogP contribution in [-0.2, 0) is 14.3 Å². The van der Waals surface area contributed by atoms with Crippen LogP contribution in [0.25, 0.3) is 44.4 Å². The Hall–Kier alpha value is -5.98. The van der Waals surface area contributed by atoms with Gasteiger partial charge in [0.1, 0.15) is 17.7 Å². The summed E-state index contributed by atoms with van der Waals surface area (Å²) in [6.45, 7) is 4.11. The minimum Gasteiger partial charge on any atom is -0.465 e. The van der Waals surface area contributed by atoms with E-state index in [-0.39, 0.29) is 36.6 Å². The molecule has 0 aliphatic carbocycles. The van der Waals surface area contributed by atoms with Gasteiger partial charge in [0.25, 0.3) is 0 Å². The number of amides is 3. The molecule has 4 N–H and O–H groups in total. The number of imidazole rings is 2. The van der Waals surface area contributed by atoms with Crippen LogP contribution in [0.3, 0.4) is 0 Å². The predicted octanol–water partition coefficient (Wildman–Crippen LogP) is 6.33. The molecule has 2 fully saturated rings. The van der Waals surface area contributed by atoms with Gasteiger partial charge in [-0.15, -0.1) is 0 Å². The molecule has 262 valence electrons. The molecule has 2 aromatic heterocycles. The van der Waals surface area contributed by atoms with Crippen LogP contribution in [0.1, 0.15) is 56.8 Å². The number of hydrogen-bond acceptors (Lipinski definition) is 7. The maximum atomic E-state index is 13.5. The molecule has 0 spiro atoms. The Bertz CT molecular complexity index is 2120. The lowest BCUT2D eigenvalue weighted by molar-refractivity contribution is -0.136. The average molecular weight is 690 g/mol. The minimum absolute atomic E-state index is 0.0503. The molecular weight excluding hydrogens is 650 g/mol. The SMILES string of the molecule is COC(=O)NC(C(=O)N1CC(=O)CC1c1nc(-c2ccc(-c3ccc4cc(-c5cnc(C6CCCN6C(=O)O)[nH]5)ccc4c3)cc2)c[nH]1)C(C)C. The second-order valence-electron chi connectivity index (χ2n) is 13.4. The third-order valence-electron chi connectivity index (χ3n) is 9.81. The van der Waals surface area contributed by atoms with Gasteiger partial charge in [-0.05, 0) is 52.8 Å². The number of likely N-dealkylation sites (tertiary alicyclic amines) is 2. The first-order valence-electron chi connectivity index (χ1n) is 17.0. The van der Waals surface area contributed by atoms with E-state index in [1.165, 1.54) is 16.9 Å². The number of ketones is 1. The van der Waals surface area contributed by atoms with Gasteiger partial charge in [-0.3, -0.25) is 14.5 Å². The number of ether oxygens (including phenoxy) is 1. The Kier molecular flexibility index (Phi) is 9.02. The molecule has 3 atom stereocenters. The lowest BCUT2D eigenvalue weighted by atomic mass is 9.98. The van der Waals surface area contributed by atoms with Gasteiger partial charge in [-0.1, -0.05) is 62.4 Å². The number of hydrogen-bond donors (Lipinski definition) is 4. The van der Waals surface area contributed by atoms with Crippen molar-refractivity contribution in [2.45, 2.75) is 51.2 Å². The normalized spacial score (nSPS) is 18.1. The number of Topliss-reactive ketones (excluding diaryl/α,β-unsaturated/α-hetero) is 1. The van der Waals surface area contributed by atoms with Gasteiger partial charge in [0.15, 0.2) is 5.78 Å². The van der Waals surface area contributed by atoms with E-state index in [0.717, 1.165) is 51.6 Å². The molecule has 0 radical (unpaired) electrons. The molecule has 51 heavy (non-hydrogen) atoms. The smallest absolute Gasteiger partial charge is 0.407 e. The van der Waals surface area contributed by atoms with E-state index in [0.29, 0.717) is 23.9 Å². The van der Waals surface area contributed by atoms with Gasteiger partial charge in [0, 0.05) is 30.3 Å². The van der Waals surface area contributed by atoms with E-state index in [2.05, 4.69) is 50.6 Å². The summed E-state index contributed by atoms with van der Waals surface area (Å²) in [5, 5.41) is 14.3. The van der Waals surface area contributed by atoms with Crippen LogP contribution in [0.5, 0.6) is 0 Å². The molecule has 5 aromatic rings. The Morgan fingerprint density at radius 1 is 0.922 bits per heavy atom. The summed E-state index contributed by atoms with van der Waals surface area (Å²) in [5.41, 5.74) is 5.48. The summed E-state index contributed by atoms with van der Waals surface area (Å²) in [4.78, 5) is 68.3.